The fourth-order valence-corrected chi connectivity index (χ4v) is 3.07. The standard InChI is InChI=1S/C14H25NO2/c1-15(11-13-6-8-17-9-7-13)10-12-2-4-14(16)5-3-12/h12-13H,2-11H2,1H3. The van der Waals surface area contributed by atoms with Crippen molar-refractivity contribution in [3.63, 3.8) is 0 Å². The Morgan fingerprint density at radius 3 is 2.18 bits per heavy atom. The molecule has 0 N–H and O–H groups in total. The van der Waals surface area contributed by atoms with Gasteiger partial charge in [-0.05, 0) is 44.6 Å². The Labute approximate surface area is 105 Å². The quantitative estimate of drug-likeness (QED) is 0.752. The van der Waals surface area contributed by atoms with E-state index in [1.807, 2.05) is 0 Å². The maximum Gasteiger partial charge on any atom is 0.132 e. The van der Waals surface area contributed by atoms with E-state index in [-0.39, 0.29) is 0 Å². The van der Waals surface area contributed by atoms with Gasteiger partial charge in [0.1, 0.15) is 5.78 Å². The van der Waals surface area contributed by atoms with Gasteiger partial charge in [0, 0.05) is 39.1 Å². The molecule has 0 aromatic carbocycles. The van der Waals surface area contributed by atoms with Crippen molar-refractivity contribution in [1.29, 1.82) is 0 Å². The van der Waals surface area contributed by atoms with Crippen molar-refractivity contribution in [3.05, 3.63) is 0 Å². The minimum atomic E-state index is 0.466. The van der Waals surface area contributed by atoms with Crippen LogP contribution < -0.4 is 0 Å². The minimum Gasteiger partial charge on any atom is -0.381 e. The van der Waals surface area contributed by atoms with E-state index in [2.05, 4.69) is 11.9 Å². The lowest BCUT2D eigenvalue weighted by Crippen LogP contribution is -2.34. The predicted molar refractivity (Wildman–Crippen MR) is 68.0 cm³/mol. The summed E-state index contributed by atoms with van der Waals surface area (Å²) in [6.45, 7) is 4.26. The molecule has 0 aromatic rings. The number of carbonyl (C=O) groups excluding carboxylic acids is 1. The summed E-state index contributed by atoms with van der Waals surface area (Å²) >= 11 is 0. The molecule has 0 atom stereocenters. The first-order valence-corrected chi connectivity index (χ1v) is 7.02. The van der Waals surface area contributed by atoms with Crippen LogP contribution in [0, 0.1) is 11.8 Å². The molecule has 0 aromatic heterocycles. The molecule has 0 bridgehead atoms. The zero-order chi connectivity index (χ0) is 12.1. The lowest BCUT2D eigenvalue weighted by Gasteiger charge is -2.30. The number of nitrogens with zero attached hydrogens (tertiary/aromatic N) is 1. The van der Waals surface area contributed by atoms with Gasteiger partial charge in [-0.1, -0.05) is 0 Å². The first-order chi connectivity index (χ1) is 8.24. The van der Waals surface area contributed by atoms with Crippen molar-refractivity contribution in [2.24, 2.45) is 11.8 Å². The molecule has 1 heterocycles. The molecule has 3 heteroatoms. The monoisotopic (exact) mass is 239 g/mol. The number of hydrogen-bond acceptors (Lipinski definition) is 3. The maximum atomic E-state index is 11.2. The number of carbonyl (C=O) groups is 1. The molecule has 2 fully saturated rings. The molecule has 1 aliphatic carbocycles. The molecule has 1 aliphatic heterocycles. The smallest absolute Gasteiger partial charge is 0.132 e. The minimum absolute atomic E-state index is 0.466. The van der Waals surface area contributed by atoms with Crippen LogP contribution in [0.4, 0.5) is 0 Å². The van der Waals surface area contributed by atoms with Crippen LogP contribution in [0.25, 0.3) is 0 Å². The molecule has 1 saturated carbocycles. The Morgan fingerprint density at radius 2 is 1.59 bits per heavy atom. The Kier molecular flexibility index (Phi) is 4.99. The Morgan fingerprint density at radius 1 is 1.06 bits per heavy atom. The van der Waals surface area contributed by atoms with Crippen LogP contribution in [0.3, 0.4) is 0 Å². The van der Waals surface area contributed by atoms with Crippen molar-refractivity contribution < 1.29 is 9.53 Å². The van der Waals surface area contributed by atoms with E-state index in [0.29, 0.717) is 5.78 Å². The number of rotatable bonds is 4. The molecule has 0 unspecified atom stereocenters. The summed E-state index contributed by atoms with van der Waals surface area (Å²) in [7, 11) is 2.23. The molecule has 2 rings (SSSR count). The second kappa shape index (κ2) is 6.50. The van der Waals surface area contributed by atoms with Crippen LogP contribution in [-0.2, 0) is 9.53 Å². The van der Waals surface area contributed by atoms with Gasteiger partial charge in [-0.2, -0.15) is 0 Å². The summed E-state index contributed by atoms with van der Waals surface area (Å²) in [4.78, 5) is 13.7. The van der Waals surface area contributed by atoms with Gasteiger partial charge >= 0.3 is 0 Å². The zero-order valence-electron chi connectivity index (χ0n) is 11.0. The van der Waals surface area contributed by atoms with Gasteiger partial charge in [0.25, 0.3) is 0 Å². The highest BCUT2D eigenvalue weighted by atomic mass is 16.5. The third kappa shape index (κ3) is 4.40. The Balaban J connectivity index is 1.65. The fraction of sp³-hybridized carbons (Fsp3) is 0.929. The van der Waals surface area contributed by atoms with E-state index < -0.39 is 0 Å². The van der Waals surface area contributed by atoms with Crippen molar-refractivity contribution in [1.82, 2.24) is 4.90 Å². The van der Waals surface area contributed by atoms with Gasteiger partial charge in [0.05, 0.1) is 0 Å². The maximum absolute atomic E-state index is 11.2. The third-order valence-corrected chi connectivity index (χ3v) is 4.14. The van der Waals surface area contributed by atoms with Gasteiger partial charge < -0.3 is 9.64 Å². The lowest BCUT2D eigenvalue weighted by molar-refractivity contribution is -0.121. The summed E-state index contributed by atoms with van der Waals surface area (Å²) in [5, 5.41) is 0. The van der Waals surface area contributed by atoms with Gasteiger partial charge in [-0.3, -0.25) is 4.79 Å². The van der Waals surface area contributed by atoms with E-state index in [9.17, 15) is 4.79 Å². The molecule has 2 aliphatic rings. The van der Waals surface area contributed by atoms with E-state index in [1.54, 1.807) is 0 Å². The van der Waals surface area contributed by atoms with Gasteiger partial charge in [-0.15, -0.1) is 0 Å². The molecular weight excluding hydrogens is 214 g/mol. The average molecular weight is 239 g/mol. The first-order valence-electron chi connectivity index (χ1n) is 7.02. The molecule has 0 amide bonds. The molecule has 98 valence electrons. The number of ketones is 1. The summed E-state index contributed by atoms with van der Waals surface area (Å²) in [5.41, 5.74) is 0. The largest absolute Gasteiger partial charge is 0.381 e. The van der Waals surface area contributed by atoms with Crippen molar-refractivity contribution in [2.75, 3.05) is 33.4 Å². The average Bonchev–Trinajstić information content (AvgIpc) is 2.33. The van der Waals surface area contributed by atoms with E-state index >= 15 is 0 Å². The zero-order valence-corrected chi connectivity index (χ0v) is 11.0. The summed E-state index contributed by atoms with van der Waals surface area (Å²) in [5.74, 6) is 2.03. The van der Waals surface area contributed by atoms with Crippen molar-refractivity contribution in [3.8, 4) is 0 Å². The predicted octanol–water partition coefficient (Wildman–Crippen LogP) is 2.10. The van der Waals surface area contributed by atoms with Crippen LogP contribution in [0.2, 0.25) is 0 Å². The van der Waals surface area contributed by atoms with Gasteiger partial charge in [-0.25, -0.2) is 0 Å². The van der Waals surface area contributed by atoms with Crippen LogP contribution in [0.15, 0.2) is 0 Å². The number of ether oxygens (including phenoxy) is 1. The molecular formula is C14H25NO2. The second-order valence-electron chi connectivity index (χ2n) is 5.76. The van der Waals surface area contributed by atoms with Gasteiger partial charge in [0.15, 0.2) is 0 Å². The van der Waals surface area contributed by atoms with E-state index in [4.69, 9.17) is 4.74 Å². The highest BCUT2D eigenvalue weighted by Crippen LogP contribution is 2.23. The highest BCUT2D eigenvalue weighted by Gasteiger charge is 2.21. The van der Waals surface area contributed by atoms with E-state index in [0.717, 1.165) is 50.7 Å². The van der Waals surface area contributed by atoms with Crippen molar-refractivity contribution >= 4 is 5.78 Å². The highest BCUT2D eigenvalue weighted by molar-refractivity contribution is 5.79. The Bertz CT molecular complexity index is 239. The second-order valence-corrected chi connectivity index (χ2v) is 5.76. The molecule has 1 saturated heterocycles. The number of hydrogen-bond donors (Lipinski definition) is 0. The molecule has 0 spiro atoms. The first kappa shape index (κ1) is 13.0. The third-order valence-electron chi connectivity index (χ3n) is 4.14. The normalized spacial score (nSPS) is 24.5. The summed E-state index contributed by atoms with van der Waals surface area (Å²) < 4.78 is 5.39. The van der Waals surface area contributed by atoms with E-state index in [1.165, 1.54) is 25.9 Å². The van der Waals surface area contributed by atoms with Gasteiger partial charge in [0.2, 0.25) is 0 Å². The number of Topliss-reactive ketones (excluding diaryl/α,β-unsaturated/α-hetero) is 1. The SMILES string of the molecule is CN(CC1CCOCC1)CC1CCC(=O)CC1. The summed E-state index contributed by atoms with van der Waals surface area (Å²) in [6, 6.07) is 0. The van der Waals surface area contributed by atoms with Crippen molar-refractivity contribution in [2.45, 2.75) is 38.5 Å². The van der Waals surface area contributed by atoms with Crippen LogP contribution in [0.5, 0.6) is 0 Å². The Hall–Kier alpha value is -0.410. The van der Waals surface area contributed by atoms with Crippen LogP contribution >= 0.6 is 0 Å². The molecule has 3 nitrogen and oxygen atoms in total. The summed E-state index contributed by atoms with van der Waals surface area (Å²) in [6.07, 6.45) is 6.28. The fourth-order valence-electron chi connectivity index (χ4n) is 3.07. The van der Waals surface area contributed by atoms with Crippen LogP contribution in [-0.4, -0.2) is 44.0 Å². The molecule has 17 heavy (non-hydrogen) atoms. The molecule has 0 radical (unpaired) electrons. The topological polar surface area (TPSA) is 29.5 Å². The van der Waals surface area contributed by atoms with Crippen LogP contribution in [0.1, 0.15) is 38.5 Å². The lowest BCUT2D eigenvalue weighted by atomic mass is 9.88.